The minimum Gasteiger partial charge on any atom is -0.378 e. The van der Waals surface area contributed by atoms with Gasteiger partial charge in [0.15, 0.2) is 0 Å². The maximum atomic E-state index is 6.08. The Labute approximate surface area is 176 Å². The minimum absolute atomic E-state index is 0.223. The van der Waals surface area contributed by atoms with E-state index in [1.165, 1.54) is 28.0 Å². The summed E-state index contributed by atoms with van der Waals surface area (Å²) in [5.74, 6) is 0. The Hall–Kier alpha value is -2.47. The molecule has 0 fully saturated rings. The van der Waals surface area contributed by atoms with Crippen LogP contribution in [0.3, 0.4) is 0 Å². The highest BCUT2D eigenvalue weighted by molar-refractivity contribution is 6.30. The molecule has 3 aliphatic heterocycles. The van der Waals surface area contributed by atoms with Gasteiger partial charge in [0.2, 0.25) is 0 Å². The lowest BCUT2D eigenvalue weighted by Crippen LogP contribution is -2.37. The lowest BCUT2D eigenvalue weighted by atomic mass is 9.91. The summed E-state index contributed by atoms with van der Waals surface area (Å²) < 4.78 is 0. The monoisotopic (exact) mass is 407 g/mol. The number of hydrogen-bond donors (Lipinski definition) is 4. The number of hydrogen-bond acceptors (Lipinski definition) is 5. The zero-order valence-corrected chi connectivity index (χ0v) is 17.3. The van der Waals surface area contributed by atoms with E-state index in [0.29, 0.717) is 0 Å². The summed E-state index contributed by atoms with van der Waals surface area (Å²) in [5, 5.41) is 10.1. The summed E-state index contributed by atoms with van der Waals surface area (Å²) in [6.07, 6.45) is 4.38. The Balaban J connectivity index is 1.58. The molecule has 4 N–H and O–H groups in total. The first-order valence-electron chi connectivity index (χ1n) is 10.3. The third-order valence-electron chi connectivity index (χ3n) is 5.95. The molecule has 1 unspecified atom stereocenters. The fourth-order valence-corrected chi connectivity index (χ4v) is 4.57. The zero-order chi connectivity index (χ0) is 19.8. The Morgan fingerprint density at radius 3 is 2.79 bits per heavy atom. The Morgan fingerprint density at radius 2 is 2.00 bits per heavy atom. The van der Waals surface area contributed by atoms with Gasteiger partial charge in [0.05, 0.1) is 17.4 Å². The summed E-state index contributed by atoms with van der Waals surface area (Å²) in [7, 11) is 0. The Morgan fingerprint density at radius 1 is 1.14 bits per heavy atom. The standard InChI is InChI=1S/C23H26ClN5/c1-15-23-20-7-2-17(16-8-11-25-12-9-16)14-21(20)22(10-13-29(23)28-27-15)26-19-5-3-18(24)4-6-19/h2-8,14,22,25-28H,9-13H2,1H3. The van der Waals surface area contributed by atoms with Crippen molar-refractivity contribution in [2.24, 2.45) is 0 Å². The summed E-state index contributed by atoms with van der Waals surface area (Å²) in [4.78, 5) is 0. The lowest BCUT2D eigenvalue weighted by Gasteiger charge is -2.22. The van der Waals surface area contributed by atoms with Crippen molar-refractivity contribution in [2.45, 2.75) is 25.8 Å². The van der Waals surface area contributed by atoms with Gasteiger partial charge in [-0.2, -0.15) is 0 Å². The van der Waals surface area contributed by atoms with Crippen molar-refractivity contribution < 1.29 is 0 Å². The maximum Gasteiger partial charge on any atom is 0.0814 e. The fraction of sp³-hybridized carbons (Fsp3) is 0.304. The van der Waals surface area contributed by atoms with Gasteiger partial charge >= 0.3 is 0 Å². The number of nitrogens with zero attached hydrogens (tertiary/aromatic N) is 1. The molecule has 0 amide bonds. The first kappa shape index (κ1) is 18.6. The van der Waals surface area contributed by atoms with Crippen molar-refractivity contribution in [3.63, 3.8) is 0 Å². The molecule has 0 saturated carbocycles. The molecular formula is C23H26ClN5. The molecule has 1 atom stereocenters. The molecule has 0 spiro atoms. The Bertz CT molecular complexity index is 979. The van der Waals surface area contributed by atoms with E-state index >= 15 is 0 Å². The van der Waals surface area contributed by atoms with Gasteiger partial charge in [-0.3, -0.25) is 5.01 Å². The number of fused-ring (bicyclic) bond motifs is 3. The summed E-state index contributed by atoms with van der Waals surface area (Å²) >= 11 is 6.08. The largest absolute Gasteiger partial charge is 0.378 e. The van der Waals surface area contributed by atoms with E-state index in [9.17, 15) is 0 Å². The second-order valence-corrected chi connectivity index (χ2v) is 8.28. The molecule has 5 rings (SSSR count). The van der Waals surface area contributed by atoms with Crippen LogP contribution < -0.4 is 21.6 Å². The first-order chi connectivity index (χ1) is 14.2. The van der Waals surface area contributed by atoms with Crippen molar-refractivity contribution >= 4 is 28.6 Å². The van der Waals surface area contributed by atoms with Crippen LogP contribution in [0.15, 0.2) is 54.2 Å². The van der Waals surface area contributed by atoms with Crippen LogP contribution >= 0.6 is 11.6 Å². The fourth-order valence-electron chi connectivity index (χ4n) is 4.45. The van der Waals surface area contributed by atoms with Gasteiger partial charge in [0, 0.05) is 29.4 Å². The second-order valence-electron chi connectivity index (χ2n) is 7.84. The molecule has 29 heavy (non-hydrogen) atoms. The Kier molecular flexibility index (Phi) is 4.96. The average Bonchev–Trinajstić information content (AvgIpc) is 3.05. The van der Waals surface area contributed by atoms with Crippen molar-refractivity contribution in [3.8, 4) is 0 Å². The van der Waals surface area contributed by atoms with E-state index in [1.807, 2.05) is 12.1 Å². The van der Waals surface area contributed by atoms with Gasteiger partial charge < -0.3 is 16.1 Å². The van der Waals surface area contributed by atoms with Gasteiger partial charge in [-0.05, 0) is 73.3 Å². The van der Waals surface area contributed by atoms with Gasteiger partial charge in [0.25, 0.3) is 0 Å². The van der Waals surface area contributed by atoms with E-state index in [2.05, 4.69) is 69.9 Å². The molecule has 0 saturated heterocycles. The van der Waals surface area contributed by atoms with Crippen LogP contribution in [-0.2, 0) is 0 Å². The molecular weight excluding hydrogens is 382 g/mol. The van der Waals surface area contributed by atoms with Crippen molar-refractivity contribution in [3.05, 3.63) is 76.0 Å². The summed E-state index contributed by atoms with van der Waals surface area (Å²) in [5.41, 5.74) is 15.5. The molecule has 0 bridgehead atoms. The van der Waals surface area contributed by atoms with Crippen molar-refractivity contribution in [2.75, 3.05) is 25.0 Å². The van der Waals surface area contributed by atoms with E-state index in [-0.39, 0.29) is 6.04 Å². The normalized spacial score (nSPS) is 21.1. The van der Waals surface area contributed by atoms with E-state index in [1.54, 1.807) is 0 Å². The number of hydrazine groups is 2. The summed E-state index contributed by atoms with van der Waals surface area (Å²) in [6, 6.07) is 15.2. The third-order valence-corrected chi connectivity index (χ3v) is 6.20. The van der Waals surface area contributed by atoms with Gasteiger partial charge in [0.1, 0.15) is 0 Å². The SMILES string of the molecule is CC1=C2c3ccc(C4=CCNCC4)cc3C(Nc3ccc(Cl)cc3)CCN2NN1. The molecule has 5 nitrogen and oxygen atoms in total. The minimum atomic E-state index is 0.223. The zero-order valence-electron chi connectivity index (χ0n) is 16.6. The molecule has 3 heterocycles. The van der Waals surface area contributed by atoms with E-state index in [4.69, 9.17) is 11.6 Å². The number of allylic oxidation sites excluding steroid dienone is 1. The van der Waals surface area contributed by atoms with Gasteiger partial charge in [-0.25, -0.2) is 0 Å². The van der Waals surface area contributed by atoms with Crippen LogP contribution in [-0.4, -0.2) is 24.6 Å². The number of benzene rings is 2. The quantitative estimate of drug-likeness (QED) is 0.611. The smallest absolute Gasteiger partial charge is 0.0814 e. The first-order valence-corrected chi connectivity index (χ1v) is 10.6. The van der Waals surface area contributed by atoms with Crippen LogP contribution in [0.1, 0.15) is 42.5 Å². The number of halogens is 1. The highest BCUT2D eigenvalue weighted by atomic mass is 35.5. The van der Waals surface area contributed by atoms with E-state index in [0.717, 1.165) is 48.9 Å². The van der Waals surface area contributed by atoms with Gasteiger partial charge in [-0.15, -0.1) is 5.53 Å². The maximum absolute atomic E-state index is 6.08. The molecule has 2 aromatic rings. The molecule has 2 aromatic carbocycles. The van der Waals surface area contributed by atoms with Crippen LogP contribution in [0.5, 0.6) is 0 Å². The second kappa shape index (κ2) is 7.75. The van der Waals surface area contributed by atoms with Crippen LogP contribution in [0.2, 0.25) is 5.02 Å². The van der Waals surface area contributed by atoms with Crippen LogP contribution in [0.4, 0.5) is 5.69 Å². The van der Waals surface area contributed by atoms with Crippen LogP contribution in [0, 0.1) is 0 Å². The van der Waals surface area contributed by atoms with Crippen molar-refractivity contribution in [1.29, 1.82) is 0 Å². The molecule has 150 valence electrons. The molecule has 0 aliphatic carbocycles. The number of nitrogens with one attached hydrogen (secondary N) is 4. The molecule has 0 radical (unpaired) electrons. The topological polar surface area (TPSA) is 51.4 Å². The molecule has 0 aromatic heterocycles. The van der Waals surface area contributed by atoms with Gasteiger partial charge in [-0.1, -0.05) is 29.8 Å². The van der Waals surface area contributed by atoms with E-state index < -0.39 is 0 Å². The highest BCUT2D eigenvalue weighted by Crippen LogP contribution is 2.38. The highest BCUT2D eigenvalue weighted by Gasteiger charge is 2.30. The number of anilines is 1. The predicted molar refractivity (Wildman–Crippen MR) is 120 cm³/mol. The third kappa shape index (κ3) is 3.62. The number of rotatable bonds is 3. The molecule has 3 aliphatic rings. The molecule has 6 heteroatoms. The summed E-state index contributed by atoms with van der Waals surface area (Å²) in [6.45, 7) is 5.04. The average molecular weight is 408 g/mol. The van der Waals surface area contributed by atoms with Crippen LogP contribution in [0.25, 0.3) is 11.3 Å². The predicted octanol–water partition coefficient (Wildman–Crippen LogP) is 4.29. The van der Waals surface area contributed by atoms with Crippen molar-refractivity contribution in [1.82, 2.24) is 21.3 Å². The lowest BCUT2D eigenvalue weighted by molar-refractivity contribution is 0.281.